The van der Waals surface area contributed by atoms with Crippen LogP contribution in [0.1, 0.15) is 18.9 Å². The predicted molar refractivity (Wildman–Crippen MR) is 122 cm³/mol. The molecule has 1 atom stereocenters. The average molecular weight is 466 g/mol. The second kappa shape index (κ2) is 11.5. The molecule has 3 aromatic rings. The highest BCUT2D eigenvalue weighted by atomic mass is 19.1. The molecule has 0 aliphatic carbocycles. The van der Waals surface area contributed by atoms with Crippen LogP contribution in [0, 0.1) is 5.82 Å². The van der Waals surface area contributed by atoms with E-state index in [2.05, 4.69) is 15.6 Å². The molecule has 176 valence electrons. The van der Waals surface area contributed by atoms with Gasteiger partial charge in [-0.25, -0.2) is 14.2 Å². The van der Waals surface area contributed by atoms with Gasteiger partial charge < -0.3 is 14.8 Å². The molecule has 0 radical (unpaired) electrons. The Morgan fingerprint density at radius 1 is 1.15 bits per heavy atom. The molecule has 2 N–H and O–H groups in total. The van der Waals surface area contributed by atoms with Crippen molar-refractivity contribution in [2.75, 3.05) is 5.32 Å². The van der Waals surface area contributed by atoms with E-state index in [1.54, 1.807) is 31.2 Å². The van der Waals surface area contributed by atoms with Crippen LogP contribution in [0.4, 0.5) is 14.9 Å². The van der Waals surface area contributed by atoms with Gasteiger partial charge in [-0.05, 0) is 36.2 Å². The topological polar surface area (TPSA) is 119 Å². The van der Waals surface area contributed by atoms with E-state index in [4.69, 9.17) is 4.74 Å². The highest BCUT2D eigenvalue weighted by molar-refractivity contribution is 5.84. The predicted octanol–water partition coefficient (Wildman–Crippen LogP) is 2.89. The maximum absolute atomic E-state index is 13.4. The molecule has 0 saturated heterocycles. The molecule has 3 rings (SSSR count). The Balaban J connectivity index is 1.86. The summed E-state index contributed by atoms with van der Waals surface area (Å²) in [5.74, 6) is -0.996. The second-order valence-electron chi connectivity index (χ2n) is 7.30. The summed E-state index contributed by atoms with van der Waals surface area (Å²) in [7, 11) is 0. The van der Waals surface area contributed by atoms with Gasteiger partial charge in [0.25, 0.3) is 5.56 Å². The highest BCUT2D eigenvalue weighted by Gasteiger charge is 2.18. The van der Waals surface area contributed by atoms with Gasteiger partial charge in [0.2, 0.25) is 5.91 Å². The van der Waals surface area contributed by atoms with Gasteiger partial charge in [0.05, 0.1) is 12.2 Å². The molecule has 1 unspecified atom stereocenters. The van der Waals surface area contributed by atoms with E-state index in [0.717, 1.165) is 16.3 Å². The molecular formula is C24H23FN4O5. The molecule has 0 aliphatic heterocycles. The van der Waals surface area contributed by atoms with Crippen molar-refractivity contribution in [3.8, 4) is 11.4 Å². The molecule has 2 amide bonds. The fraction of sp³-hybridized carbons (Fsp3) is 0.208. The SMILES string of the molecule is CCC(C=O)NC(=O)Cn1c(-c2ccc(F)cc2)ncc(NC(=O)OCc2ccccc2)c1=O. The van der Waals surface area contributed by atoms with Crippen LogP contribution in [0.15, 0.2) is 65.6 Å². The lowest BCUT2D eigenvalue weighted by Gasteiger charge is -2.16. The van der Waals surface area contributed by atoms with Gasteiger partial charge in [0.15, 0.2) is 0 Å². The number of rotatable bonds is 9. The van der Waals surface area contributed by atoms with Crippen LogP contribution in [0.2, 0.25) is 0 Å². The number of ether oxygens (including phenoxy) is 1. The quantitative estimate of drug-likeness (QED) is 0.468. The van der Waals surface area contributed by atoms with Crippen molar-refractivity contribution < 1.29 is 23.5 Å². The zero-order chi connectivity index (χ0) is 24.5. The Morgan fingerprint density at radius 3 is 2.50 bits per heavy atom. The number of nitrogens with zero attached hydrogens (tertiary/aromatic N) is 2. The fourth-order valence-corrected chi connectivity index (χ4v) is 3.05. The maximum atomic E-state index is 13.4. The molecule has 0 spiro atoms. The number of carbonyl (C=O) groups excluding carboxylic acids is 3. The number of carbonyl (C=O) groups is 3. The van der Waals surface area contributed by atoms with Crippen molar-refractivity contribution in [1.82, 2.24) is 14.9 Å². The zero-order valence-corrected chi connectivity index (χ0v) is 18.4. The average Bonchev–Trinajstić information content (AvgIpc) is 2.85. The van der Waals surface area contributed by atoms with Crippen LogP contribution >= 0.6 is 0 Å². The van der Waals surface area contributed by atoms with Crippen molar-refractivity contribution in [2.24, 2.45) is 0 Å². The number of hydrogen-bond donors (Lipinski definition) is 2. The van der Waals surface area contributed by atoms with Crippen molar-refractivity contribution in [3.05, 3.63) is 82.5 Å². The van der Waals surface area contributed by atoms with Crippen molar-refractivity contribution >= 4 is 24.0 Å². The van der Waals surface area contributed by atoms with Gasteiger partial charge in [-0.2, -0.15) is 0 Å². The van der Waals surface area contributed by atoms with Gasteiger partial charge in [-0.1, -0.05) is 37.3 Å². The van der Waals surface area contributed by atoms with E-state index in [1.807, 2.05) is 6.07 Å². The number of nitrogens with one attached hydrogen (secondary N) is 2. The summed E-state index contributed by atoms with van der Waals surface area (Å²) in [6.45, 7) is 1.24. The number of hydrogen-bond acceptors (Lipinski definition) is 6. The molecule has 0 bridgehead atoms. The van der Waals surface area contributed by atoms with Crippen LogP contribution in [0.5, 0.6) is 0 Å². The minimum Gasteiger partial charge on any atom is -0.444 e. The van der Waals surface area contributed by atoms with Gasteiger partial charge in [0, 0.05) is 5.56 Å². The summed E-state index contributed by atoms with van der Waals surface area (Å²) >= 11 is 0. The first-order chi connectivity index (χ1) is 16.4. The van der Waals surface area contributed by atoms with Gasteiger partial charge >= 0.3 is 6.09 Å². The summed E-state index contributed by atoms with van der Waals surface area (Å²) < 4.78 is 19.5. The molecular weight excluding hydrogens is 443 g/mol. The minimum atomic E-state index is -0.875. The van der Waals surface area contributed by atoms with E-state index in [0.29, 0.717) is 18.3 Å². The number of anilines is 1. The van der Waals surface area contributed by atoms with E-state index < -0.39 is 36.0 Å². The van der Waals surface area contributed by atoms with Gasteiger partial charge in [-0.15, -0.1) is 0 Å². The second-order valence-corrected chi connectivity index (χ2v) is 7.30. The van der Waals surface area contributed by atoms with E-state index >= 15 is 0 Å². The summed E-state index contributed by atoms with van der Waals surface area (Å²) in [5, 5.41) is 4.85. The van der Waals surface area contributed by atoms with Crippen LogP contribution in [0.3, 0.4) is 0 Å². The zero-order valence-electron chi connectivity index (χ0n) is 18.4. The molecule has 34 heavy (non-hydrogen) atoms. The molecule has 0 aliphatic rings. The number of halogens is 1. The molecule has 1 heterocycles. The number of benzene rings is 2. The van der Waals surface area contributed by atoms with Gasteiger partial charge in [0.1, 0.15) is 36.8 Å². The minimum absolute atomic E-state index is 0.00549. The van der Waals surface area contributed by atoms with Crippen molar-refractivity contribution in [1.29, 1.82) is 0 Å². The van der Waals surface area contributed by atoms with E-state index in [1.165, 1.54) is 24.3 Å². The third-order valence-electron chi connectivity index (χ3n) is 4.85. The Bertz CT molecular complexity index is 1210. The first kappa shape index (κ1) is 24.3. The smallest absolute Gasteiger partial charge is 0.412 e. The van der Waals surface area contributed by atoms with E-state index in [9.17, 15) is 23.6 Å². The first-order valence-corrected chi connectivity index (χ1v) is 10.5. The summed E-state index contributed by atoms with van der Waals surface area (Å²) in [5.41, 5.74) is 0.212. The Labute approximate surface area is 194 Å². The molecule has 1 aromatic heterocycles. The van der Waals surface area contributed by atoms with Crippen molar-refractivity contribution in [3.63, 3.8) is 0 Å². The number of aldehydes is 1. The number of aromatic nitrogens is 2. The lowest BCUT2D eigenvalue weighted by Crippen LogP contribution is -2.40. The summed E-state index contributed by atoms with van der Waals surface area (Å²) in [6, 6.07) is 13.5. The molecule has 2 aromatic carbocycles. The highest BCUT2D eigenvalue weighted by Crippen LogP contribution is 2.17. The Morgan fingerprint density at radius 2 is 1.85 bits per heavy atom. The van der Waals surface area contributed by atoms with Gasteiger partial charge in [-0.3, -0.25) is 19.5 Å². The van der Waals surface area contributed by atoms with Crippen molar-refractivity contribution in [2.45, 2.75) is 32.5 Å². The molecule has 0 fully saturated rings. The number of amides is 2. The van der Waals surface area contributed by atoms with Crippen LogP contribution in [-0.4, -0.2) is 33.9 Å². The van der Waals surface area contributed by atoms with Crippen LogP contribution in [-0.2, 0) is 27.5 Å². The fourth-order valence-electron chi connectivity index (χ4n) is 3.05. The van der Waals surface area contributed by atoms with Crippen LogP contribution in [0.25, 0.3) is 11.4 Å². The van der Waals surface area contributed by atoms with Crippen LogP contribution < -0.4 is 16.2 Å². The monoisotopic (exact) mass is 466 g/mol. The Hall–Kier alpha value is -4.34. The molecule has 9 nitrogen and oxygen atoms in total. The first-order valence-electron chi connectivity index (χ1n) is 10.5. The molecule has 0 saturated carbocycles. The third kappa shape index (κ3) is 6.35. The third-order valence-corrected chi connectivity index (χ3v) is 4.85. The van der Waals surface area contributed by atoms with E-state index in [-0.39, 0.29) is 18.1 Å². The molecule has 10 heteroatoms. The lowest BCUT2D eigenvalue weighted by molar-refractivity contribution is -0.124. The summed E-state index contributed by atoms with van der Waals surface area (Å²) in [6.07, 6.45) is 1.24. The standard InChI is InChI=1S/C24H23FN4O5/c1-2-19(14-30)27-21(31)13-29-22(17-8-10-18(25)11-9-17)26-12-20(23(29)32)28-24(33)34-15-16-6-4-3-5-7-16/h3-12,14,19H,2,13,15H2,1H3,(H,27,31)(H,28,33). The normalized spacial score (nSPS) is 11.4. The summed E-state index contributed by atoms with van der Waals surface area (Å²) in [4.78, 5) is 53.1. The maximum Gasteiger partial charge on any atom is 0.412 e. The largest absolute Gasteiger partial charge is 0.444 e. The lowest BCUT2D eigenvalue weighted by atomic mass is 10.2. The Kier molecular flexibility index (Phi) is 8.22.